The van der Waals surface area contributed by atoms with Crippen molar-refractivity contribution in [2.45, 2.75) is 0 Å². The molecular weight excluding hydrogens is 212 g/mol. The van der Waals surface area contributed by atoms with E-state index < -0.39 is 17.7 Å². The monoisotopic (exact) mass is 222 g/mol. The smallest absolute Gasteiger partial charge is 0.379 e. The molecule has 1 aromatic carbocycles. The lowest BCUT2D eigenvalue weighted by atomic mass is 10.0. The van der Waals surface area contributed by atoms with Crippen molar-refractivity contribution in [1.82, 2.24) is 0 Å². The van der Waals surface area contributed by atoms with Crippen LogP contribution in [0.4, 0.5) is 0 Å². The van der Waals surface area contributed by atoms with E-state index in [-0.39, 0.29) is 11.1 Å². The quantitative estimate of drug-likeness (QED) is 0.430. The lowest BCUT2D eigenvalue weighted by Crippen LogP contribution is -2.19. The number of hydrogen-bond donors (Lipinski definition) is 0. The molecule has 0 saturated heterocycles. The molecule has 0 radical (unpaired) electrons. The first kappa shape index (κ1) is 11.9. The normalized spacial score (nSPS) is 9.38. The minimum absolute atomic E-state index is 0.0267. The van der Waals surface area contributed by atoms with Gasteiger partial charge in [-0.05, 0) is 12.1 Å². The van der Waals surface area contributed by atoms with E-state index in [4.69, 9.17) is 0 Å². The Morgan fingerprint density at radius 2 is 1.50 bits per heavy atom. The van der Waals surface area contributed by atoms with Gasteiger partial charge in [0.1, 0.15) is 0 Å². The Labute approximate surface area is 92.0 Å². The number of rotatable bonds is 3. The molecular formula is C11H10O5. The molecule has 0 fully saturated rings. The standard InChI is InChI=1S/C11H10O5/c1-15-10(13)8-6-4-3-5-7(8)9(12)11(14)16-2/h3-6H,1-2H3. The molecule has 0 aliphatic carbocycles. The number of ketones is 1. The van der Waals surface area contributed by atoms with E-state index in [1.807, 2.05) is 0 Å². The summed E-state index contributed by atoms with van der Waals surface area (Å²) >= 11 is 0. The Morgan fingerprint density at radius 1 is 0.938 bits per heavy atom. The Balaban J connectivity index is 3.18. The molecule has 0 heterocycles. The second kappa shape index (κ2) is 5.06. The largest absolute Gasteiger partial charge is 0.465 e. The molecule has 1 rings (SSSR count). The molecule has 5 heteroatoms. The number of methoxy groups -OCH3 is 2. The second-order valence-corrected chi connectivity index (χ2v) is 2.86. The lowest BCUT2D eigenvalue weighted by molar-refractivity contribution is -0.135. The van der Waals surface area contributed by atoms with Gasteiger partial charge < -0.3 is 9.47 Å². The molecule has 16 heavy (non-hydrogen) atoms. The Morgan fingerprint density at radius 3 is 2.00 bits per heavy atom. The van der Waals surface area contributed by atoms with E-state index in [2.05, 4.69) is 9.47 Å². The predicted octanol–water partition coefficient (Wildman–Crippen LogP) is 0.829. The first-order valence-corrected chi connectivity index (χ1v) is 4.41. The van der Waals surface area contributed by atoms with Crippen molar-refractivity contribution in [3.8, 4) is 0 Å². The van der Waals surface area contributed by atoms with Crippen LogP contribution in [-0.4, -0.2) is 31.9 Å². The van der Waals surface area contributed by atoms with Gasteiger partial charge in [-0.2, -0.15) is 0 Å². The molecule has 0 aliphatic rings. The number of esters is 2. The van der Waals surface area contributed by atoms with Crippen molar-refractivity contribution in [2.24, 2.45) is 0 Å². The van der Waals surface area contributed by atoms with Crippen molar-refractivity contribution < 1.29 is 23.9 Å². The number of ether oxygens (including phenoxy) is 2. The van der Waals surface area contributed by atoms with Crippen molar-refractivity contribution in [3.05, 3.63) is 35.4 Å². The second-order valence-electron chi connectivity index (χ2n) is 2.86. The van der Waals surface area contributed by atoms with Crippen LogP contribution < -0.4 is 0 Å². The van der Waals surface area contributed by atoms with Gasteiger partial charge in [-0.25, -0.2) is 9.59 Å². The van der Waals surface area contributed by atoms with Gasteiger partial charge in [0.25, 0.3) is 5.78 Å². The summed E-state index contributed by atoms with van der Waals surface area (Å²) in [7, 11) is 2.29. The van der Waals surface area contributed by atoms with E-state index in [1.165, 1.54) is 19.2 Å². The zero-order chi connectivity index (χ0) is 12.1. The van der Waals surface area contributed by atoms with Gasteiger partial charge in [-0.1, -0.05) is 12.1 Å². The third-order valence-corrected chi connectivity index (χ3v) is 1.95. The summed E-state index contributed by atoms with van der Waals surface area (Å²) in [5, 5.41) is 0. The number of hydrogen-bond acceptors (Lipinski definition) is 5. The fourth-order valence-corrected chi connectivity index (χ4v) is 1.17. The van der Waals surface area contributed by atoms with Gasteiger partial charge >= 0.3 is 11.9 Å². The van der Waals surface area contributed by atoms with Crippen LogP contribution in [0.2, 0.25) is 0 Å². The molecule has 84 valence electrons. The first-order valence-electron chi connectivity index (χ1n) is 4.41. The average Bonchev–Trinajstić information content (AvgIpc) is 2.35. The fourth-order valence-electron chi connectivity index (χ4n) is 1.17. The van der Waals surface area contributed by atoms with Gasteiger partial charge in [0.2, 0.25) is 0 Å². The van der Waals surface area contributed by atoms with Crippen molar-refractivity contribution in [2.75, 3.05) is 14.2 Å². The third kappa shape index (κ3) is 2.25. The van der Waals surface area contributed by atoms with Crippen LogP contribution in [-0.2, 0) is 14.3 Å². The summed E-state index contributed by atoms with van der Waals surface area (Å²) in [5.41, 5.74) is 0.0154. The van der Waals surface area contributed by atoms with Gasteiger partial charge in [0, 0.05) is 5.56 Å². The highest BCUT2D eigenvalue weighted by Crippen LogP contribution is 2.11. The van der Waals surface area contributed by atoms with Gasteiger partial charge in [0.15, 0.2) is 0 Å². The fraction of sp³-hybridized carbons (Fsp3) is 0.182. The van der Waals surface area contributed by atoms with Crippen molar-refractivity contribution in [1.29, 1.82) is 0 Å². The van der Waals surface area contributed by atoms with E-state index in [1.54, 1.807) is 12.1 Å². The molecule has 0 amide bonds. The summed E-state index contributed by atoms with van der Waals surface area (Å²) in [6, 6.07) is 5.89. The zero-order valence-corrected chi connectivity index (χ0v) is 8.85. The highest BCUT2D eigenvalue weighted by molar-refractivity contribution is 6.41. The van der Waals surface area contributed by atoms with Crippen molar-refractivity contribution in [3.63, 3.8) is 0 Å². The Bertz CT molecular complexity index is 436. The highest BCUT2D eigenvalue weighted by Gasteiger charge is 2.22. The van der Waals surface area contributed by atoms with E-state index in [0.29, 0.717) is 0 Å². The maximum Gasteiger partial charge on any atom is 0.379 e. The zero-order valence-electron chi connectivity index (χ0n) is 8.85. The maximum absolute atomic E-state index is 11.5. The molecule has 0 unspecified atom stereocenters. The van der Waals surface area contributed by atoms with Crippen LogP contribution >= 0.6 is 0 Å². The van der Waals surface area contributed by atoms with E-state index >= 15 is 0 Å². The summed E-state index contributed by atoms with van der Waals surface area (Å²) in [6.45, 7) is 0. The number of carbonyl (C=O) groups is 3. The van der Waals surface area contributed by atoms with Crippen LogP contribution in [0.5, 0.6) is 0 Å². The molecule has 0 N–H and O–H groups in total. The van der Waals surface area contributed by atoms with Gasteiger partial charge in [-0.3, -0.25) is 4.79 Å². The lowest BCUT2D eigenvalue weighted by Gasteiger charge is -2.04. The number of carbonyl (C=O) groups excluding carboxylic acids is 3. The maximum atomic E-state index is 11.5. The van der Waals surface area contributed by atoms with Crippen LogP contribution in [0.25, 0.3) is 0 Å². The third-order valence-electron chi connectivity index (χ3n) is 1.95. The van der Waals surface area contributed by atoms with E-state index in [9.17, 15) is 14.4 Å². The molecule has 0 bridgehead atoms. The molecule has 0 aliphatic heterocycles. The van der Waals surface area contributed by atoms with Crippen LogP contribution in [0, 0.1) is 0 Å². The summed E-state index contributed by atoms with van der Waals surface area (Å²) in [4.78, 5) is 33.9. The molecule has 5 nitrogen and oxygen atoms in total. The highest BCUT2D eigenvalue weighted by atomic mass is 16.5. The van der Waals surface area contributed by atoms with Crippen molar-refractivity contribution >= 4 is 17.7 Å². The van der Waals surface area contributed by atoms with Gasteiger partial charge in [-0.15, -0.1) is 0 Å². The predicted molar refractivity (Wildman–Crippen MR) is 54.1 cm³/mol. The van der Waals surface area contributed by atoms with E-state index in [0.717, 1.165) is 7.11 Å². The Hall–Kier alpha value is -2.17. The molecule has 0 atom stereocenters. The summed E-state index contributed by atoms with van der Waals surface area (Å²) < 4.78 is 8.79. The number of Topliss-reactive ketones (excluding diaryl/α,β-unsaturated/α-hetero) is 1. The molecule has 0 aromatic heterocycles. The minimum Gasteiger partial charge on any atom is -0.465 e. The SMILES string of the molecule is COC(=O)C(=O)c1ccccc1C(=O)OC. The molecule has 0 spiro atoms. The topological polar surface area (TPSA) is 69.7 Å². The first-order chi connectivity index (χ1) is 7.61. The average molecular weight is 222 g/mol. The van der Waals surface area contributed by atoms with Crippen LogP contribution in [0.15, 0.2) is 24.3 Å². The van der Waals surface area contributed by atoms with Crippen LogP contribution in [0.3, 0.4) is 0 Å². The molecule has 1 aromatic rings. The minimum atomic E-state index is -1.02. The Kier molecular flexibility index (Phi) is 3.77. The molecule has 0 saturated carbocycles. The summed E-state index contributed by atoms with van der Waals surface area (Å²) in [5.74, 6) is -2.56. The van der Waals surface area contributed by atoms with Gasteiger partial charge in [0.05, 0.1) is 19.8 Å². The van der Waals surface area contributed by atoms with Crippen LogP contribution in [0.1, 0.15) is 20.7 Å². The number of benzene rings is 1. The summed E-state index contributed by atoms with van der Waals surface area (Å²) in [6.07, 6.45) is 0.